The molecule has 1 saturated carbocycles. The monoisotopic (exact) mass is 332 g/mol. The summed E-state index contributed by atoms with van der Waals surface area (Å²) < 4.78 is 25.8. The van der Waals surface area contributed by atoms with E-state index in [1.807, 2.05) is 0 Å². The summed E-state index contributed by atoms with van der Waals surface area (Å²) in [5.74, 6) is 1.89. The quantitative estimate of drug-likeness (QED) is 0.857. The van der Waals surface area contributed by atoms with E-state index in [2.05, 4.69) is 19.6 Å². The van der Waals surface area contributed by atoms with E-state index in [0.29, 0.717) is 18.4 Å². The Labute approximate surface area is 131 Å². The molecule has 0 aromatic carbocycles. The molecule has 1 aromatic rings. The Balaban J connectivity index is 0.00000161. The molecule has 2 atom stereocenters. The van der Waals surface area contributed by atoms with E-state index in [0.717, 1.165) is 18.9 Å². The van der Waals surface area contributed by atoms with E-state index in [9.17, 15) is 8.42 Å². The molecule has 118 valence electrons. The molecule has 2 fully saturated rings. The maximum atomic E-state index is 11.5. The molecule has 1 N–H and O–H groups in total. The minimum absolute atomic E-state index is 0. The normalized spacial score (nSPS) is 26.5. The van der Waals surface area contributed by atoms with Gasteiger partial charge in [-0.3, -0.25) is 4.90 Å². The standard InChI is InChI=1S/C13H20N4O2S.ClH/c1-20(18,19)16-12-8-17(7-11(12)10-3-4-10)9-13-14-5-2-6-15-13;/h2,5-6,10-12,16H,3-4,7-9H2,1H3;1H/t11-,12+;/m1./s1. The maximum Gasteiger partial charge on any atom is 0.209 e. The lowest BCUT2D eigenvalue weighted by Crippen LogP contribution is -2.40. The molecule has 0 unspecified atom stereocenters. The van der Waals surface area contributed by atoms with Crippen LogP contribution in [-0.2, 0) is 16.6 Å². The Bertz CT molecular complexity index is 565. The zero-order valence-corrected chi connectivity index (χ0v) is 13.6. The van der Waals surface area contributed by atoms with Gasteiger partial charge >= 0.3 is 0 Å². The highest BCUT2D eigenvalue weighted by Gasteiger charge is 2.43. The molecule has 2 aliphatic rings. The molecule has 1 saturated heterocycles. The molecule has 0 spiro atoms. The van der Waals surface area contributed by atoms with Gasteiger partial charge in [-0.05, 0) is 30.7 Å². The Hall–Kier alpha value is -0.760. The van der Waals surface area contributed by atoms with Gasteiger partial charge in [-0.15, -0.1) is 12.4 Å². The molecular weight excluding hydrogens is 312 g/mol. The molecule has 3 rings (SSSR count). The van der Waals surface area contributed by atoms with Gasteiger partial charge in [0, 0.05) is 31.5 Å². The van der Waals surface area contributed by atoms with Crippen molar-refractivity contribution in [3.8, 4) is 0 Å². The molecule has 6 nitrogen and oxygen atoms in total. The third kappa shape index (κ3) is 4.60. The van der Waals surface area contributed by atoms with Crippen LogP contribution in [0.1, 0.15) is 18.7 Å². The third-order valence-electron chi connectivity index (χ3n) is 4.02. The summed E-state index contributed by atoms with van der Waals surface area (Å²) in [6, 6.07) is 1.83. The van der Waals surface area contributed by atoms with E-state index in [1.54, 1.807) is 18.5 Å². The van der Waals surface area contributed by atoms with Crippen molar-refractivity contribution in [2.75, 3.05) is 19.3 Å². The second-order valence-corrected chi connectivity index (χ2v) is 7.64. The summed E-state index contributed by atoms with van der Waals surface area (Å²) in [5, 5.41) is 0. The first kappa shape index (κ1) is 16.6. The first-order valence-electron chi connectivity index (χ1n) is 6.97. The molecule has 1 aromatic heterocycles. The van der Waals surface area contributed by atoms with Gasteiger partial charge in [0.2, 0.25) is 10.0 Å². The molecule has 1 aliphatic heterocycles. The SMILES string of the molecule is CS(=O)(=O)N[C@H]1CN(Cc2ncccn2)C[C@@H]1C1CC1.Cl. The number of likely N-dealkylation sites (tertiary alicyclic amines) is 1. The van der Waals surface area contributed by atoms with Gasteiger partial charge in [-0.1, -0.05) is 0 Å². The highest BCUT2D eigenvalue weighted by Crippen LogP contribution is 2.41. The largest absolute Gasteiger partial charge is 0.294 e. The van der Waals surface area contributed by atoms with Gasteiger partial charge in [0.15, 0.2) is 0 Å². The summed E-state index contributed by atoms with van der Waals surface area (Å²) in [6.45, 7) is 2.36. The van der Waals surface area contributed by atoms with Crippen LogP contribution in [-0.4, -0.2) is 48.7 Å². The first-order chi connectivity index (χ1) is 9.51. The molecule has 0 radical (unpaired) electrons. The van der Waals surface area contributed by atoms with Crippen molar-refractivity contribution in [2.24, 2.45) is 11.8 Å². The summed E-state index contributed by atoms with van der Waals surface area (Å²) >= 11 is 0. The van der Waals surface area contributed by atoms with Gasteiger partial charge in [-0.2, -0.15) is 0 Å². The van der Waals surface area contributed by atoms with E-state index in [1.165, 1.54) is 19.1 Å². The van der Waals surface area contributed by atoms with Gasteiger partial charge in [0.1, 0.15) is 5.82 Å². The number of nitrogens with one attached hydrogen (secondary N) is 1. The van der Waals surface area contributed by atoms with Crippen LogP contribution >= 0.6 is 12.4 Å². The van der Waals surface area contributed by atoms with E-state index < -0.39 is 10.0 Å². The van der Waals surface area contributed by atoms with Crippen molar-refractivity contribution >= 4 is 22.4 Å². The van der Waals surface area contributed by atoms with Crippen LogP contribution < -0.4 is 4.72 Å². The van der Waals surface area contributed by atoms with Crippen molar-refractivity contribution in [1.82, 2.24) is 19.6 Å². The molecule has 0 amide bonds. The van der Waals surface area contributed by atoms with Crippen molar-refractivity contribution in [3.63, 3.8) is 0 Å². The Kier molecular flexibility index (Phi) is 5.19. The zero-order chi connectivity index (χ0) is 14.2. The number of nitrogens with zero attached hydrogens (tertiary/aromatic N) is 3. The minimum atomic E-state index is -3.15. The number of sulfonamides is 1. The second-order valence-electron chi connectivity index (χ2n) is 5.86. The lowest BCUT2D eigenvalue weighted by Gasteiger charge is -2.17. The predicted octanol–water partition coefficient (Wildman–Crippen LogP) is 0.658. The molecule has 0 bridgehead atoms. The average Bonchev–Trinajstić information content (AvgIpc) is 3.13. The third-order valence-corrected chi connectivity index (χ3v) is 4.75. The summed E-state index contributed by atoms with van der Waals surface area (Å²) in [6.07, 6.45) is 7.16. The highest BCUT2D eigenvalue weighted by atomic mass is 35.5. The molecular formula is C13H21ClN4O2S. The van der Waals surface area contributed by atoms with E-state index in [4.69, 9.17) is 0 Å². The first-order valence-corrected chi connectivity index (χ1v) is 8.86. The van der Waals surface area contributed by atoms with E-state index >= 15 is 0 Å². The van der Waals surface area contributed by atoms with Gasteiger partial charge in [0.05, 0.1) is 12.8 Å². The summed E-state index contributed by atoms with van der Waals surface area (Å²) in [5.41, 5.74) is 0. The number of hydrogen-bond donors (Lipinski definition) is 1. The van der Waals surface area contributed by atoms with Crippen LogP contribution in [0.5, 0.6) is 0 Å². The number of aromatic nitrogens is 2. The van der Waals surface area contributed by atoms with Crippen LogP contribution in [0.25, 0.3) is 0 Å². The number of halogens is 1. The maximum absolute atomic E-state index is 11.5. The fraction of sp³-hybridized carbons (Fsp3) is 0.692. The van der Waals surface area contributed by atoms with Gasteiger partial charge < -0.3 is 0 Å². The topological polar surface area (TPSA) is 75.2 Å². The van der Waals surface area contributed by atoms with Crippen LogP contribution in [0.4, 0.5) is 0 Å². The zero-order valence-electron chi connectivity index (χ0n) is 12.0. The Morgan fingerprint density at radius 1 is 1.29 bits per heavy atom. The highest BCUT2D eigenvalue weighted by molar-refractivity contribution is 7.88. The smallest absolute Gasteiger partial charge is 0.209 e. The lowest BCUT2D eigenvalue weighted by atomic mass is 9.99. The van der Waals surface area contributed by atoms with Crippen LogP contribution in [0.2, 0.25) is 0 Å². The molecule has 21 heavy (non-hydrogen) atoms. The fourth-order valence-corrected chi connectivity index (χ4v) is 3.86. The second kappa shape index (κ2) is 6.56. The lowest BCUT2D eigenvalue weighted by molar-refractivity contribution is 0.302. The van der Waals surface area contributed by atoms with Crippen molar-refractivity contribution in [1.29, 1.82) is 0 Å². The summed E-state index contributed by atoms with van der Waals surface area (Å²) in [7, 11) is -3.15. The molecule has 8 heteroatoms. The fourth-order valence-electron chi connectivity index (χ4n) is 3.06. The number of hydrogen-bond acceptors (Lipinski definition) is 5. The van der Waals surface area contributed by atoms with Crippen molar-refractivity contribution in [2.45, 2.75) is 25.4 Å². The van der Waals surface area contributed by atoms with Gasteiger partial charge in [-0.25, -0.2) is 23.1 Å². The minimum Gasteiger partial charge on any atom is -0.294 e. The summed E-state index contributed by atoms with van der Waals surface area (Å²) in [4.78, 5) is 10.7. The Morgan fingerprint density at radius 2 is 1.95 bits per heavy atom. The molecule has 2 heterocycles. The van der Waals surface area contributed by atoms with Crippen molar-refractivity contribution < 1.29 is 8.42 Å². The van der Waals surface area contributed by atoms with E-state index in [-0.39, 0.29) is 18.4 Å². The molecule has 1 aliphatic carbocycles. The van der Waals surface area contributed by atoms with Crippen molar-refractivity contribution in [3.05, 3.63) is 24.3 Å². The number of rotatable bonds is 5. The van der Waals surface area contributed by atoms with Crippen LogP contribution in [0, 0.1) is 11.8 Å². The van der Waals surface area contributed by atoms with Gasteiger partial charge in [0.25, 0.3) is 0 Å². The van der Waals surface area contributed by atoms with Crippen LogP contribution in [0.15, 0.2) is 18.5 Å². The predicted molar refractivity (Wildman–Crippen MR) is 82.5 cm³/mol. The Morgan fingerprint density at radius 3 is 2.52 bits per heavy atom. The average molecular weight is 333 g/mol. The van der Waals surface area contributed by atoms with Crippen LogP contribution in [0.3, 0.4) is 0 Å².